The van der Waals surface area contributed by atoms with Gasteiger partial charge in [-0.05, 0) is 39.0 Å². The summed E-state index contributed by atoms with van der Waals surface area (Å²) in [5, 5.41) is 2.50. The van der Waals surface area contributed by atoms with Crippen molar-refractivity contribution in [2.75, 3.05) is 25.3 Å². The van der Waals surface area contributed by atoms with Gasteiger partial charge in [-0.3, -0.25) is 10.1 Å². The Morgan fingerprint density at radius 2 is 1.64 bits per heavy atom. The van der Waals surface area contributed by atoms with Crippen LogP contribution >= 0.6 is 0 Å². The number of furan rings is 1. The number of hydrogen-bond acceptors (Lipinski definition) is 8. The van der Waals surface area contributed by atoms with E-state index in [-0.39, 0.29) is 48.3 Å². The Morgan fingerprint density at radius 1 is 1.00 bits per heavy atom. The number of hydrogen-bond donors (Lipinski definition) is 1. The number of rotatable bonds is 6. The lowest BCUT2D eigenvalue weighted by Gasteiger charge is -2.07. The highest BCUT2D eigenvalue weighted by molar-refractivity contribution is 6.11. The number of fused-ring (bicyclic) bond motifs is 1. The highest BCUT2D eigenvalue weighted by Gasteiger charge is 2.31. The number of carbonyl (C=O) groups excluding carboxylic acids is 3. The molecule has 1 aliphatic rings. The fourth-order valence-corrected chi connectivity index (χ4v) is 2.69. The third-order valence-corrected chi connectivity index (χ3v) is 3.91. The second-order valence-electron chi connectivity index (χ2n) is 5.70. The Labute approximate surface area is 160 Å². The molecule has 9 nitrogen and oxygen atoms in total. The van der Waals surface area contributed by atoms with E-state index in [1.807, 2.05) is 0 Å². The Balaban J connectivity index is 1.94. The molecule has 1 aromatic heterocycles. The smallest absolute Gasteiger partial charge is 0.344 e. The van der Waals surface area contributed by atoms with Gasteiger partial charge in [-0.1, -0.05) is 0 Å². The van der Waals surface area contributed by atoms with Crippen LogP contribution in [0.2, 0.25) is 0 Å². The van der Waals surface area contributed by atoms with Crippen molar-refractivity contribution in [1.82, 2.24) is 0 Å². The first kappa shape index (κ1) is 19.3. The molecule has 1 aromatic carbocycles. The average molecular weight is 389 g/mol. The van der Waals surface area contributed by atoms with Gasteiger partial charge in [0.25, 0.3) is 5.91 Å². The highest BCUT2D eigenvalue weighted by atomic mass is 16.7. The number of aryl methyl sites for hydroxylation is 1. The topological polar surface area (TPSA) is 113 Å². The van der Waals surface area contributed by atoms with E-state index >= 15 is 0 Å². The van der Waals surface area contributed by atoms with Crippen LogP contribution in [-0.4, -0.2) is 37.9 Å². The van der Waals surface area contributed by atoms with Gasteiger partial charge in [0.15, 0.2) is 11.5 Å². The predicted molar refractivity (Wildman–Crippen MR) is 95.9 cm³/mol. The lowest BCUT2D eigenvalue weighted by molar-refractivity contribution is 0.0480. The van der Waals surface area contributed by atoms with Crippen molar-refractivity contribution < 1.29 is 37.7 Å². The molecule has 3 rings (SSSR count). The zero-order valence-corrected chi connectivity index (χ0v) is 15.6. The fraction of sp³-hybridized carbons (Fsp3) is 0.316. The molecule has 0 saturated carbocycles. The number of benzene rings is 1. The molecular formula is C19H19NO8. The van der Waals surface area contributed by atoms with E-state index in [9.17, 15) is 14.4 Å². The van der Waals surface area contributed by atoms with Crippen LogP contribution in [0.25, 0.3) is 0 Å². The van der Waals surface area contributed by atoms with Crippen LogP contribution in [0.1, 0.15) is 50.7 Å². The number of carbonyl (C=O) groups is 3. The van der Waals surface area contributed by atoms with Crippen LogP contribution in [0.3, 0.4) is 0 Å². The van der Waals surface area contributed by atoms with Gasteiger partial charge < -0.3 is 23.4 Å². The lowest BCUT2D eigenvalue weighted by atomic mass is 10.1. The zero-order valence-electron chi connectivity index (χ0n) is 15.6. The minimum Gasteiger partial charge on any atom is -0.462 e. The summed E-state index contributed by atoms with van der Waals surface area (Å²) in [5.74, 6) is -1.21. The largest absolute Gasteiger partial charge is 0.462 e. The van der Waals surface area contributed by atoms with Crippen LogP contribution in [-0.2, 0) is 9.47 Å². The van der Waals surface area contributed by atoms with Gasteiger partial charge >= 0.3 is 11.9 Å². The summed E-state index contributed by atoms with van der Waals surface area (Å²) >= 11 is 0. The van der Waals surface area contributed by atoms with Crippen molar-refractivity contribution in [2.24, 2.45) is 0 Å². The van der Waals surface area contributed by atoms with Crippen LogP contribution in [0.5, 0.6) is 11.5 Å². The quantitative estimate of drug-likeness (QED) is 0.750. The molecule has 1 amide bonds. The second kappa shape index (κ2) is 8.03. The van der Waals surface area contributed by atoms with Gasteiger partial charge in [-0.2, -0.15) is 0 Å². The lowest BCUT2D eigenvalue weighted by Crippen LogP contribution is -2.17. The first-order valence-corrected chi connectivity index (χ1v) is 8.64. The summed E-state index contributed by atoms with van der Waals surface area (Å²) in [6.45, 7) is 5.03. The van der Waals surface area contributed by atoms with Gasteiger partial charge in [-0.15, -0.1) is 0 Å². The normalized spacial score (nSPS) is 11.8. The molecule has 1 aliphatic heterocycles. The second-order valence-corrected chi connectivity index (χ2v) is 5.70. The van der Waals surface area contributed by atoms with E-state index < -0.39 is 17.8 Å². The van der Waals surface area contributed by atoms with Gasteiger partial charge in [0.1, 0.15) is 16.9 Å². The third kappa shape index (κ3) is 3.64. The monoisotopic (exact) mass is 389 g/mol. The maximum Gasteiger partial charge on any atom is 0.344 e. The molecule has 148 valence electrons. The highest BCUT2D eigenvalue weighted by Crippen LogP contribution is 2.33. The van der Waals surface area contributed by atoms with Crippen LogP contribution < -0.4 is 14.8 Å². The number of ether oxygens (including phenoxy) is 4. The Kier molecular flexibility index (Phi) is 5.53. The number of anilines is 1. The van der Waals surface area contributed by atoms with Crippen molar-refractivity contribution in [2.45, 2.75) is 20.8 Å². The molecule has 2 heterocycles. The zero-order chi connectivity index (χ0) is 20.3. The Morgan fingerprint density at radius 3 is 2.32 bits per heavy atom. The van der Waals surface area contributed by atoms with Crippen molar-refractivity contribution in [3.8, 4) is 11.5 Å². The molecule has 0 unspecified atom stereocenters. The summed E-state index contributed by atoms with van der Waals surface area (Å²) in [5.41, 5.74) is -0.0148. The first-order chi connectivity index (χ1) is 13.5. The molecule has 1 N–H and O–H groups in total. The molecule has 0 fully saturated rings. The van der Waals surface area contributed by atoms with Crippen molar-refractivity contribution in [1.29, 1.82) is 0 Å². The molecule has 0 aliphatic carbocycles. The van der Waals surface area contributed by atoms with E-state index in [4.69, 9.17) is 23.4 Å². The van der Waals surface area contributed by atoms with E-state index in [2.05, 4.69) is 5.32 Å². The molecule has 0 atom stereocenters. The van der Waals surface area contributed by atoms with E-state index in [0.717, 1.165) is 0 Å². The first-order valence-electron chi connectivity index (χ1n) is 8.64. The molecular weight excluding hydrogens is 370 g/mol. The molecule has 28 heavy (non-hydrogen) atoms. The minimum atomic E-state index is -0.802. The molecule has 0 spiro atoms. The standard InChI is InChI=1S/C19H19NO8/c1-4-24-18(22)14-10(3)28-17(15(14)19(23)25-5-2)20-16(21)11-6-7-12-13(8-11)27-9-26-12/h6-8H,4-5,9H2,1-3H3,(H,20,21). The maximum atomic E-state index is 12.6. The van der Waals surface area contributed by atoms with Gasteiger partial charge in [0.05, 0.1) is 13.2 Å². The SMILES string of the molecule is CCOC(=O)c1c(C)oc(NC(=O)c2ccc3c(c2)OCO3)c1C(=O)OCC. The molecule has 0 radical (unpaired) electrons. The summed E-state index contributed by atoms with van der Waals surface area (Å²) in [6.07, 6.45) is 0. The van der Waals surface area contributed by atoms with Gasteiger partial charge in [0.2, 0.25) is 12.7 Å². The predicted octanol–water partition coefficient (Wildman–Crippen LogP) is 2.92. The summed E-state index contributed by atoms with van der Waals surface area (Å²) in [7, 11) is 0. The number of esters is 2. The van der Waals surface area contributed by atoms with Crippen LogP contribution in [0.4, 0.5) is 5.88 Å². The summed E-state index contributed by atoms with van der Waals surface area (Å²) < 4.78 is 25.9. The minimum absolute atomic E-state index is 0.0771. The van der Waals surface area contributed by atoms with Crippen molar-refractivity contribution >= 4 is 23.7 Å². The van der Waals surface area contributed by atoms with Crippen molar-refractivity contribution in [3.05, 3.63) is 40.6 Å². The van der Waals surface area contributed by atoms with E-state index in [1.54, 1.807) is 19.9 Å². The molecule has 0 bridgehead atoms. The van der Waals surface area contributed by atoms with Crippen LogP contribution in [0.15, 0.2) is 22.6 Å². The van der Waals surface area contributed by atoms with E-state index in [1.165, 1.54) is 19.1 Å². The number of nitrogens with one attached hydrogen (secondary N) is 1. The third-order valence-electron chi connectivity index (χ3n) is 3.91. The maximum absolute atomic E-state index is 12.6. The fourth-order valence-electron chi connectivity index (χ4n) is 2.69. The molecule has 9 heteroatoms. The number of amides is 1. The average Bonchev–Trinajstić information content (AvgIpc) is 3.25. The summed E-state index contributed by atoms with van der Waals surface area (Å²) in [4.78, 5) is 37.3. The van der Waals surface area contributed by atoms with Gasteiger partial charge in [-0.25, -0.2) is 9.59 Å². The van der Waals surface area contributed by atoms with Crippen LogP contribution in [0, 0.1) is 6.92 Å². The molecule has 0 saturated heterocycles. The van der Waals surface area contributed by atoms with E-state index in [0.29, 0.717) is 11.5 Å². The summed E-state index contributed by atoms with van der Waals surface area (Å²) in [6, 6.07) is 4.64. The van der Waals surface area contributed by atoms with Crippen molar-refractivity contribution in [3.63, 3.8) is 0 Å². The Hall–Kier alpha value is -3.49. The molecule has 2 aromatic rings. The van der Waals surface area contributed by atoms with Gasteiger partial charge in [0, 0.05) is 5.56 Å². The Bertz CT molecular complexity index is 930.